The quantitative estimate of drug-likeness (QED) is 0.524. The summed E-state index contributed by atoms with van der Waals surface area (Å²) in [7, 11) is 0. The number of ether oxygens (including phenoxy) is 1. The largest absolute Gasteiger partial charge is 0.481 e. The summed E-state index contributed by atoms with van der Waals surface area (Å²) in [6.07, 6.45) is 4.10. The number of amides is 2. The number of urea groups is 1. The second kappa shape index (κ2) is 8.74. The minimum Gasteiger partial charge on any atom is -0.481 e. The molecule has 1 unspecified atom stereocenters. The van der Waals surface area contributed by atoms with Crippen molar-refractivity contribution in [3.63, 3.8) is 0 Å². The fraction of sp³-hybridized carbons (Fsp3) is 0.846. The maximum atomic E-state index is 11.6. The van der Waals surface area contributed by atoms with Gasteiger partial charge in [0, 0.05) is 19.2 Å². The van der Waals surface area contributed by atoms with Crippen molar-refractivity contribution >= 4 is 12.0 Å². The van der Waals surface area contributed by atoms with Gasteiger partial charge in [-0.3, -0.25) is 4.79 Å². The number of aliphatic carboxylic acids is 1. The SMILES string of the molecule is CCCCOCCNC(=O)NC(CC(=O)O)C1CC1. The summed E-state index contributed by atoms with van der Waals surface area (Å²) < 4.78 is 5.32. The molecule has 1 aliphatic rings. The first kappa shape index (κ1) is 15.8. The van der Waals surface area contributed by atoms with Gasteiger partial charge in [-0.15, -0.1) is 0 Å². The molecular formula is C13H24N2O4. The van der Waals surface area contributed by atoms with Crippen LogP contribution < -0.4 is 10.6 Å². The smallest absolute Gasteiger partial charge is 0.315 e. The summed E-state index contributed by atoms with van der Waals surface area (Å²) in [6.45, 7) is 3.74. The molecule has 3 N–H and O–H groups in total. The number of hydrogen-bond acceptors (Lipinski definition) is 3. The number of carboxylic acid groups (broad SMARTS) is 1. The van der Waals surface area contributed by atoms with Crippen molar-refractivity contribution in [2.75, 3.05) is 19.8 Å². The molecule has 2 amide bonds. The van der Waals surface area contributed by atoms with Crippen molar-refractivity contribution in [1.82, 2.24) is 10.6 Å². The van der Waals surface area contributed by atoms with Crippen LogP contribution in [0.1, 0.15) is 39.0 Å². The summed E-state index contributed by atoms with van der Waals surface area (Å²) in [5, 5.41) is 14.2. The van der Waals surface area contributed by atoms with Crippen LogP contribution in [-0.4, -0.2) is 42.9 Å². The third-order valence-corrected chi connectivity index (χ3v) is 3.08. The maximum Gasteiger partial charge on any atom is 0.315 e. The fourth-order valence-corrected chi connectivity index (χ4v) is 1.83. The first-order valence-electron chi connectivity index (χ1n) is 6.97. The molecule has 1 rings (SSSR count). The van der Waals surface area contributed by atoms with Crippen LogP contribution in [-0.2, 0) is 9.53 Å². The Hall–Kier alpha value is -1.30. The number of hydrogen-bond donors (Lipinski definition) is 3. The molecule has 1 aliphatic carbocycles. The molecule has 1 fully saturated rings. The Bertz CT molecular complexity index is 292. The zero-order chi connectivity index (χ0) is 14.1. The number of carboxylic acids is 1. The highest BCUT2D eigenvalue weighted by Gasteiger charge is 2.33. The van der Waals surface area contributed by atoms with Crippen molar-refractivity contribution in [2.24, 2.45) is 5.92 Å². The molecule has 1 atom stereocenters. The average molecular weight is 272 g/mol. The Morgan fingerprint density at radius 1 is 1.37 bits per heavy atom. The number of carbonyl (C=O) groups excluding carboxylic acids is 1. The Kier molecular flexibility index (Phi) is 7.25. The zero-order valence-corrected chi connectivity index (χ0v) is 11.5. The second-order valence-corrected chi connectivity index (χ2v) is 4.91. The molecule has 6 heteroatoms. The van der Waals surface area contributed by atoms with Gasteiger partial charge in [-0.1, -0.05) is 13.3 Å². The average Bonchev–Trinajstić information content (AvgIpc) is 3.16. The standard InChI is InChI=1S/C13H24N2O4/c1-2-3-7-19-8-6-14-13(18)15-11(9-12(16)17)10-4-5-10/h10-11H,2-9H2,1H3,(H,16,17)(H2,14,15,18). The normalized spacial score (nSPS) is 15.8. The third kappa shape index (κ3) is 7.66. The second-order valence-electron chi connectivity index (χ2n) is 4.91. The van der Waals surface area contributed by atoms with Crippen LogP contribution in [0.25, 0.3) is 0 Å². The van der Waals surface area contributed by atoms with E-state index in [0.29, 0.717) is 25.7 Å². The molecule has 0 spiro atoms. The van der Waals surface area contributed by atoms with Gasteiger partial charge in [0.15, 0.2) is 0 Å². The Morgan fingerprint density at radius 2 is 2.11 bits per heavy atom. The van der Waals surface area contributed by atoms with Gasteiger partial charge in [0.2, 0.25) is 0 Å². The molecule has 6 nitrogen and oxygen atoms in total. The lowest BCUT2D eigenvalue weighted by Gasteiger charge is -2.16. The highest BCUT2D eigenvalue weighted by Crippen LogP contribution is 2.33. The molecule has 0 bridgehead atoms. The van der Waals surface area contributed by atoms with Crippen LogP contribution >= 0.6 is 0 Å². The van der Waals surface area contributed by atoms with Gasteiger partial charge in [0.05, 0.1) is 13.0 Å². The Balaban J connectivity index is 2.09. The molecule has 0 radical (unpaired) electrons. The zero-order valence-electron chi connectivity index (χ0n) is 11.5. The number of nitrogens with one attached hydrogen (secondary N) is 2. The molecule has 0 heterocycles. The van der Waals surface area contributed by atoms with Crippen LogP contribution in [0.4, 0.5) is 4.79 Å². The minimum absolute atomic E-state index is 0.00884. The lowest BCUT2D eigenvalue weighted by molar-refractivity contribution is -0.137. The van der Waals surface area contributed by atoms with Gasteiger partial charge in [0.1, 0.15) is 0 Å². The van der Waals surface area contributed by atoms with Crippen molar-refractivity contribution < 1.29 is 19.4 Å². The van der Waals surface area contributed by atoms with E-state index >= 15 is 0 Å². The van der Waals surface area contributed by atoms with Gasteiger partial charge < -0.3 is 20.5 Å². The van der Waals surface area contributed by atoms with Crippen LogP contribution in [0.15, 0.2) is 0 Å². The first-order valence-corrected chi connectivity index (χ1v) is 6.97. The minimum atomic E-state index is -0.875. The molecule has 0 saturated heterocycles. The molecular weight excluding hydrogens is 248 g/mol. The topological polar surface area (TPSA) is 87.7 Å². The monoisotopic (exact) mass is 272 g/mol. The predicted molar refractivity (Wildman–Crippen MR) is 71.0 cm³/mol. The summed E-state index contributed by atoms with van der Waals surface area (Å²) in [6, 6.07) is -0.559. The van der Waals surface area contributed by atoms with E-state index in [1.54, 1.807) is 0 Å². The van der Waals surface area contributed by atoms with E-state index in [9.17, 15) is 9.59 Å². The molecule has 0 aromatic carbocycles. The molecule has 0 aromatic heterocycles. The number of unbranched alkanes of at least 4 members (excludes halogenated alkanes) is 1. The van der Waals surface area contributed by atoms with Crippen molar-refractivity contribution in [3.8, 4) is 0 Å². The Morgan fingerprint density at radius 3 is 2.68 bits per heavy atom. The molecule has 19 heavy (non-hydrogen) atoms. The van der Waals surface area contributed by atoms with Crippen LogP contribution in [0.2, 0.25) is 0 Å². The summed E-state index contributed by atoms with van der Waals surface area (Å²) >= 11 is 0. The lowest BCUT2D eigenvalue weighted by atomic mass is 10.1. The summed E-state index contributed by atoms with van der Waals surface area (Å²) in [4.78, 5) is 22.3. The third-order valence-electron chi connectivity index (χ3n) is 3.08. The predicted octanol–water partition coefficient (Wildman–Crippen LogP) is 1.36. The maximum absolute atomic E-state index is 11.6. The summed E-state index contributed by atoms with van der Waals surface area (Å²) in [5.41, 5.74) is 0. The van der Waals surface area contributed by atoms with E-state index in [1.807, 2.05) is 0 Å². The van der Waals surface area contributed by atoms with Crippen LogP contribution in [0.5, 0.6) is 0 Å². The number of rotatable bonds is 10. The van der Waals surface area contributed by atoms with E-state index in [0.717, 1.165) is 25.7 Å². The highest BCUT2D eigenvalue weighted by atomic mass is 16.5. The van der Waals surface area contributed by atoms with Crippen molar-refractivity contribution in [2.45, 2.75) is 45.1 Å². The number of carbonyl (C=O) groups is 2. The van der Waals surface area contributed by atoms with Gasteiger partial charge in [0.25, 0.3) is 0 Å². The first-order chi connectivity index (χ1) is 9.13. The molecule has 0 aromatic rings. The van der Waals surface area contributed by atoms with E-state index in [2.05, 4.69) is 17.6 Å². The van der Waals surface area contributed by atoms with Gasteiger partial charge in [-0.25, -0.2) is 4.79 Å². The summed E-state index contributed by atoms with van der Waals surface area (Å²) in [5.74, 6) is -0.553. The van der Waals surface area contributed by atoms with E-state index < -0.39 is 5.97 Å². The molecule has 1 saturated carbocycles. The fourth-order valence-electron chi connectivity index (χ4n) is 1.83. The van der Waals surface area contributed by atoms with E-state index in [4.69, 9.17) is 9.84 Å². The van der Waals surface area contributed by atoms with Crippen molar-refractivity contribution in [3.05, 3.63) is 0 Å². The van der Waals surface area contributed by atoms with Crippen molar-refractivity contribution in [1.29, 1.82) is 0 Å². The van der Waals surface area contributed by atoms with Gasteiger partial charge in [-0.2, -0.15) is 0 Å². The molecule has 110 valence electrons. The van der Waals surface area contributed by atoms with E-state index in [-0.39, 0.29) is 18.5 Å². The lowest BCUT2D eigenvalue weighted by Crippen LogP contribution is -2.45. The van der Waals surface area contributed by atoms with E-state index in [1.165, 1.54) is 0 Å². The Labute approximate surface area is 113 Å². The van der Waals surface area contributed by atoms with Crippen LogP contribution in [0.3, 0.4) is 0 Å². The highest BCUT2D eigenvalue weighted by molar-refractivity contribution is 5.75. The van der Waals surface area contributed by atoms with Gasteiger partial charge >= 0.3 is 12.0 Å². The van der Waals surface area contributed by atoms with Gasteiger partial charge in [-0.05, 0) is 25.2 Å². The van der Waals surface area contributed by atoms with Crippen LogP contribution in [0, 0.1) is 5.92 Å². The molecule has 0 aliphatic heterocycles.